The molecule has 0 fully saturated rings. The number of nitrogens with one attached hydrogen (secondary N) is 2. The molecule has 0 aliphatic carbocycles. The largest absolute Gasteiger partial charge is 0.497 e. The minimum Gasteiger partial charge on any atom is -0.497 e. The van der Waals surface area contributed by atoms with E-state index >= 15 is 0 Å². The number of carbonyl (C=O) groups excluding carboxylic acids is 9. The minimum absolute atomic E-state index is 0.0208. The van der Waals surface area contributed by atoms with Crippen molar-refractivity contribution < 1.29 is 72.4 Å². The highest BCUT2D eigenvalue weighted by Crippen LogP contribution is 2.29. The molecule has 82 heavy (non-hydrogen) atoms. The van der Waals surface area contributed by atoms with Crippen molar-refractivity contribution in [3.05, 3.63) is 41.6 Å². The average molecular weight is 1160 g/mol. The van der Waals surface area contributed by atoms with Gasteiger partial charge in [0.25, 0.3) is 11.8 Å². The number of aliphatic carboxylic acids is 1. The molecule has 4 N–H and O–H groups in total. The molecule has 11 atom stereocenters. The molecule has 1 aromatic carbocycles. The van der Waals surface area contributed by atoms with Crippen LogP contribution in [-0.4, -0.2) is 224 Å². The second-order valence-electron chi connectivity index (χ2n) is 22.7. The number of hydrogen-bond acceptors (Lipinski definition) is 14. The average Bonchev–Trinajstić information content (AvgIpc) is 3.59. The molecule has 0 heterocycles. The fourth-order valence-electron chi connectivity index (χ4n) is 9.58. The molecule has 0 aromatic heterocycles. The molecule has 0 bridgehead atoms. The lowest BCUT2D eigenvalue weighted by Crippen LogP contribution is -2.59. The number of nitrogens with zero attached hydrogens (tertiary/aromatic N) is 6. The van der Waals surface area contributed by atoms with Crippen molar-refractivity contribution in [2.45, 2.75) is 157 Å². The highest BCUT2D eigenvalue weighted by atomic mass is 16.5. The summed E-state index contributed by atoms with van der Waals surface area (Å²) in [6, 6.07) is -1.73. The molecule has 1 aromatic rings. The zero-order chi connectivity index (χ0) is 63.4. The number of carboxylic acid groups (broad SMARTS) is 1. The van der Waals surface area contributed by atoms with E-state index in [1.165, 1.54) is 100 Å². The first-order valence-electron chi connectivity index (χ1n) is 28.1. The number of ketones is 1. The molecule has 464 valence electrons. The van der Waals surface area contributed by atoms with E-state index in [0.717, 1.165) is 19.6 Å². The summed E-state index contributed by atoms with van der Waals surface area (Å²) in [7, 11) is 12.5. The molecule has 23 heteroatoms. The molecular weight excluding hydrogens is 1060 g/mol. The van der Waals surface area contributed by atoms with Crippen LogP contribution >= 0.6 is 0 Å². The number of benzene rings is 1. The van der Waals surface area contributed by atoms with Gasteiger partial charge in [-0.05, 0) is 75.0 Å². The first-order chi connectivity index (χ1) is 38.1. The molecule has 0 aliphatic rings. The topological polar surface area (TPSA) is 282 Å². The number of rotatable bonds is 34. The molecular formula is C59H98N8O15. The van der Waals surface area contributed by atoms with Gasteiger partial charge in [-0.25, -0.2) is 4.79 Å². The van der Waals surface area contributed by atoms with Crippen LogP contribution in [0.2, 0.25) is 0 Å². The third-order valence-electron chi connectivity index (χ3n) is 15.3. The summed E-state index contributed by atoms with van der Waals surface area (Å²) >= 11 is 0. The Labute approximate surface area is 486 Å². The van der Waals surface area contributed by atoms with Crippen molar-refractivity contribution in [1.29, 1.82) is 0 Å². The van der Waals surface area contributed by atoms with E-state index in [2.05, 4.69) is 10.6 Å². The van der Waals surface area contributed by atoms with Crippen LogP contribution in [-0.2, 0) is 63.8 Å². The highest BCUT2D eigenvalue weighted by Gasteiger charge is 2.44. The Morgan fingerprint density at radius 1 is 0.598 bits per heavy atom. The number of allylic oxidation sites excluding steroid dienone is 1. The Morgan fingerprint density at radius 3 is 1.56 bits per heavy atom. The maximum Gasteiger partial charge on any atom is 0.326 e. The number of amides is 8. The summed E-state index contributed by atoms with van der Waals surface area (Å²) in [5, 5.41) is 25.8. The van der Waals surface area contributed by atoms with Crippen molar-refractivity contribution >= 4 is 59.0 Å². The number of Topliss-reactive ketones (excluding diaryl/α,β-unsaturated/α-hetero) is 1. The van der Waals surface area contributed by atoms with E-state index in [1.807, 2.05) is 34.6 Å². The van der Waals surface area contributed by atoms with Crippen LogP contribution in [0.1, 0.15) is 108 Å². The van der Waals surface area contributed by atoms with E-state index in [-0.39, 0.29) is 50.0 Å². The maximum atomic E-state index is 14.8. The lowest BCUT2D eigenvalue weighted by molar-refractivity contribution is -0.155. The summed E-state index contributed by atoms with van der Waals surface area (Å²) in [5.41, 5.74) is 0.499. The SMILES string of the molecule is CC=C(C(=O)N(C)C(COC)C(=O)C(C)C(C(=O)NC(C)C(=O)N(C)C(CC(C)C)C(=O)NC(Cc1ccc(OC)cc1)C(=O)N(C)C(C)C(=O)O)C(C)CC)N(C)C(=O)C(CC(C)C)N(C)C(=O)C(COC)N(C)C(=O)C(O)C(C)C. The van der Waals surface area contributed by atoms with Gasteiger partial charge in [-0.1, -0.05) is 86.9 Å². The fraction of sp³-hybridized carbons (Fsp3) is 0.695. The number of hydrogen-bond donors (Lipinski definition) is 4. The van der Waals surface area contributed by atoms with Crippen molar-refractivity contribution in [3.63, 3.8) is 0 Å². The summed E-state index contributed by atoms with van der Waals surface area (Å²) in [5.74, 6) is -9.96. The second kappa shape index (κ2) is 34.2. The van der Waals surface area contributed by atoms with Gasteiger partial charge in [-0.3, -0.25) is 43.2 Å². The quantitative estimate of drug-likeness (QED) is 0.0722. The lowest BCUT2D eigenvalue weighted by atomic mass is 9.77. The Kier molecular flexibility index (Phi) is 30.7. The zero-order valence-electron chi connectivity index (χ0n) is 52.6. The predicted octanol–water partition coefficient (Wildman–Crippen LogP) is 3.10. The summed E-state index contributed by atoms with van der Waals surface area (Å²) < 4.78 is 16.1. The van der Waals surface area contributed by atoms with E-state index in [4.69, 9.17) is 14.2 Å². The molecule has 0 saturated carbocycles. The Morgan fingerprint density at radius 2 is 1.10 bits per heavy atom. The fourth-order valence-corrected chi connectivity index (χ4v) is 9.58. The van der Waals surface area contributed by atoms with Gasteiger partial charge in [0.2, 0.25) is 35.4 Å². The van der Waals surface area contributed by atoms with E-state index in [9.17, 15) is 58.2 Å². The Bertz CT molecular complexity index is 2360. The Balaban J connectivity index is 3.59. The third-order valence-corrected chi connectivity index (χ3v) is 15.3. The number of ether oxygens (including phenoxy) is 3. The van der Waals surface area contributed by atoms with Crippen LogP contribution in [0.4, 0.5) is 0 Å². The number of methoxy groups -OCH3 is 3. The molecule has 11 unspecified atom stereocenters. The van der Waals surface area contributed by atoms with Crippen LogP contribution in [0.5, 0.6) is 5.75 Å². The van der Waals surface area contributed by atoms with Gasteiger partial charge in [0.1, 0.15) is 59.8 Å². The smallest absolute Gasteiger partial charge is 0.326 e. The van der Waals surface area contributed by atoms with E-state index in [0.29, 0.717) is 17.7 Å². The van der Waals surface area contributed by atoms with Gasteiger partial charge in [0.15, 0.2) is 5.78 Å². The lowest BCUT2D eigenvalue weighted by Gasteiger charge is -2.38. The van der Waals surface area contributed by atoms with Gasteiger partial charge >= 0.3 is 5.97 Å². The number of likely N-dealkylation sites (N-methyl/N-ethyl adjacent to an activating group) is 6. The Hall–Kier alpha value is -6.46. The van der Waals surface area contributed by atoms with Crippen molar-refractivity contribution in [1.82, 2.24) is 40.0 Å². The predicted molar refractivity (Wildman–Crippen MR) is 309 cm³/mol. The van der Waals surface area contributed by atoms with E-state index in [1.54, 1.807) is 52.0 Å². The van der Waals surface area contributed by atoms with Crippen molar-refractivity contribution in [2.75, 3.05) is 76.8 Å². The van der Waals surface area contributed by atoms with Crippen molar-refractivity contribution in [3.8, 4) is 5.75 Å². The molecule has 0 saturated heterocycles. The van der Waals surface area contributed by atoms with Gasteiger partial charge in [-0.2, -0.15) is 0 Å². The van der Waals surface area contributed by atoms with Crippen molar-refractivity contribution in [2.24, 2.45) is 35.5 Å². The normalized spacial score (nSPS) is 15.7. The number of aliphatic hydroxyl groups excluding tert-OH is 1. The number of carboxylic acids is 1. The van der Waals surface area contributed by atoms with Gasteiger partial charge in [0, 0.05) is 68.8 Å². The van der Waals surface area contributed by atoms with Crippen LogP contribution in [0.25, 0.3) is 0 Å². The molecule has 1 rings (SSSR count). The monoisotopic (exact) mass is 1160 g/mol. The van der Waals surface area contributed by atoms with Gasteiger partial charge in [-0.15, -0.1) is 0 Å². The molecule has 0 radical (unpaired) electrons. The molecule has 0 spiro atoms. The second-order valence-corrected chi connectivity index (χ2v) is 22.7. The first-order valence-corrected chi connectivity index (χ1v) is 28.1. The standard InChI is InChI=1S/C59H98N8O15/c1-22-36(9)48(52(71)60-38(11)53(72)64(15)44(28-33(3)4)51(70)61-42(54(73)62(13)39(12)59(78)79)30-40-24-26-41(82-21)27-25-40)37(10)50(69)46(31-80-19)66(17)55(74)43(23-2)63(14)56(75)45(29-34(5)6)65(16)57(76)47(32-81-20)67(18)58(77)49(68)35(7)8/h23-27,33-39,42,44-49,68H,22,28-32H2,1-21H3,(H,60,71)(H,61,70)(H,78,79). The summed E-state index contributed by atoms with van der Waals surface area (Å²) in [6.45, 7) is 19.7. The summed E-state index contributed by atoms with van der Waals surface area (Å²) in [4.78, 5) is 147. The highest BCUT2D eigenvalue weighted by molar-refractivity contribution is 6.03. The van der Waals surface area contributed by atoms with Crippen LogP contribution in [0.3, 0.4) is 0 Å². The minimum atomic E-state index is -1.40. The molecule has 8 amide bonds. The third kappa shape index (κ3) is 19.9. The van der Waals surface area contributed by atoms with Gasteiger partial charge < -0.3 is 64.5 Å². The number of carbonyl (C=O) groups is 10. The first kappa shape index (κ1) is 73.6. The number of aliphatic hydroxyl groups is 1. The van der Waals surface area contributed by atoms with Crippen LogP contribution in [0.15, 0.2) is 36.0 Å². The maximum absolute atomic E-state index is 14.8. The van der Waals surface area contributed by atoms with Crippen LogP contribution < -0.4 is 15.4 Å². The van der Waals surface area contributed by atoms with Crippen LogP contribution in [0, 0.1) is 35.5 Å². The zero-order valence-corrected chi connectivity index (χ0v) is 52.6. The summed E-state index contributed by atoms with van der Waals surface area (Å²) in [6.07, 6.45) is 0.706. The molecule has 0 aliphatic heterocycles. The van der Waals surface area contributed by atoms with E-state index < -0.39 is 131 Å². The molecule has 23 nitrogen and oxygen atoms in total. The van der Waals surface area contributed by atoms with Gasteiger partial charge in [0.05, 0.1) is 26.2 Å².